The molecule has 0 saturated carbocycles. The molecule has 0 bridgehead atoms. The van der Waals surface area contributed by atoms with Gasteiger partial charge in [-0.15, -0.1) is 0 Å². The number of rotatable bonds is 6. The molecular weight excluding hydrogens is 569 g/mol. The van der Waals surface area contributed by atoms with E-state index in [9.17, 15) is 14.4 Å². The fourth-order valence-electron chi connectivity index (χ4n) is 6.42. The number of hydrogen-bond donors (Lipinski definition) is 2. The molecule has 0 aliphatic carbocycles. The van der Waals surface area contributed by atoms with Crippen LogP contribution in [0.1, 0.15) is 54.9 Å². The summed E-state index contributed by atoms with van der Waals surface area (Å²) < 4.78 is 0.427. The Kier molecular flexibility index (Phi) is 7.42. The Morgan fingerprint density at radius 2 is 2.08 bits per heavy atom. The minimum atomic E-state index is -0.483. The van der Waals surface area contributed by atoms with E-state index in [-0.39, 0.29) is 29.6 Å². The molecular formula is C27H36IN5O3. The molecule has 4 heterocycles. The molecule has 9 heteroatoms. The number of nitrogens with zero attached hydrogens (tertiary/aromatic N) is 3. The van der Waals surface area contributed by atoms with Gasteiger partial charge in [-0.25, -0.2) is 0 Å². The fourth-order valence-corrected chi connectivity index (χ4v) is 7.80. The van der Waals surface area contributed by atoms with E-state index in [2.05, 4.69) is 63.6 Å². The van der Waals surface area contributed by atoms with Gasteiger partial charge in [-0.2, -0.15) is 0 Å². The number of benzene rings is 1. The molecule has 8 nitrogen and oxygen atoms in total. The first-order valence-corrected chi connectivity index (χ1v) is 14.3. The summed E-state index contributed by atoms with van der Waals surface area (Å²) in [6.07, 6.45) is 4.74. The van der Waals surface area contributed by atoms with Crippen molar-refractivity contribution in [2.45, 2.75) is 61.7 Å². The number of piperidine rings is 2. The standard InChI is InChI=1S/C27H36IN5O3/c1-4-5-11-32-15-21(28)23-19(10-12-31(3)26(23)32)24(34)30-18-8-7-17-14-33(27(36)20(17)13-18)22-9-6-16(2)29-25(22)35/h7-8,13,19,21-23,26H,2,4-6,9-12,14-15H2,1,3H3,(H,29,35)(H,30,34). The maximum absolute atomic E-state index is 13.5. The highest BCUT2D eigenvalue weighted by atomic mass is 127. The van der Waals surface area contributed by atoms with Crippen LogP contribution in [0.3, 0.4) is 0 Å². The van der Waals surface area contributed by atoms with Gasteiger partial charge in [0.05, 0.1) is 6.17 Å². The van der Waals surface area contributed by atoms with Gasteiger partial charge in [0.15, 0.2) is 0 Å². The monoisotopic (exact) mass is 605 g/mol. The largest absolute Gasteiger partial charge is 0.329 e. The van der Waals surface area contributed by atoms with Gasteiger partial charge in [0.25, 0.3) is 5.91 Å². The molecule has 3 saturated heterocycles. The van der Waals surface area contributed by atoms with E-state index in [1.165, 1.54) is 12.8 Å². The number of amides is 3. The van der Waals surface area contributed by atoms with Crippen molar-refractivity contribution >= 4 is 46.0 Å². The number of allylic oxidation sites excluding steroid dienone is 1. The topological polar surface area (TPSA) is 85.0 Å². The summed E-state index contributed by atoms with van der Waals surface area (Å²) in [7, 11) is 2.18. The molecule has 5 atom stereocenters. The first-order chi connectivity index (χ1) is 17.3. The molecule has 3 fully saturated rings. The number of unbranched alkanes of at least 4 members (excludes halogenated alkanes) is 1. The Bertz CT molecular complexity index is 1080. The van der Waals surface area contributed by atoms with Gasteiger partial charge in [0.1, 0.15) is 6.04 Å². The van der Waals surface area contributed by atoms with Crippen LogP contribution in [-0.4, -0.2) is 75.2 Å². The molecule has 36 heavy (non-hydrogen) atoms. The first kappa shape index (κ1) is 25.7. The van der Waals surface area contributed by atoms with E-state index >= 15 is 0 Å². The van der Waals surface area contributed by atoms with E-state index in [1.54, 1.807) is 11.0 Å². The van der Waals surface area contributed by atoms with E-state index in [4.69, 9.17) is 0 Å². The number of fused-ring (bicyclic) bond motifs is 2. The van der Waals surface area contributed by atoms with Gasteiger partial charge < -0.3 is 15.5 Å². The van der Waals surface area contributed by atoms with Crippen molar-refractivity contribution in [3.05, 3.63) is 41.6 Å². The average Bonchev–Trinajstić information content (AvgIpc) is 3.35. The number of alkyl halides is 1. The number of carbonyl (C=O) groups excluding carboxylic acids is 3. The smallest absolute Gasteiger partial charge is 0.255 e. The Morgan fingerprint density at radius 1 is 1.28 bits per heavy atom. The van der Waals surface area contributed by atoms with Crippen LogP contribution >= 0.6 is 22.6 Å². The van der Waals surface area contributed by atoms with Gasteiger partial charge in [-0.3, -0.25) is 24.2 Å². The highest BCUT2D eigenvalue weighted by Gasteiger charge is 2.50. The molecule has 4 aliphatic rings. The number of anilines is 1. The Hall–Kier alpha value is -1.98. The summed E-state index contributed by atoms with van der Waals surface area (Å²) in [5.74, 6) is -0.0467. The van der Waals surface area contributed by atoms with Gasteiger partial charge in [0, 0.05) is 52.3 Å². The third kappa shape index (κ3) is 4.69. The summed E-state index contributed by atoms with van der Waals surface area (Å²) >= 11 is 2.54. The number of carbonyl (C=O) groups is 3. The third-order valence-corrected chi connectivity index (χ3v) is 9.52. The van der Waals surface area contributed by atoms with Crippen molar-refractivity contribution in [1.29, 1.82) is 0 Å². The van der Waals surface area contributed by atoms with Crippen molar-refractivity contribution in [1.82, 2.24) is 20.0 Å². The molecule has 0 radical (unpaired) electrons. The molecule has 194 valence electrons. The lowest BCUT2D eigenvalue weighted by molar-refractivity contribution is -0.126. The van der Waals surface area contributed by atoms with Crippen LogP contribution in [0.4, 0.5) is 5.69 Å². The highest BCUT2D eigenvalue weighted by molar-refractivity contribution is 14.1. The number of nitrogens with one attached hydrogen (secondary N) is 2. The first-order valence-electron chi connectivity index (χ1n) is 13.1. The molecule has 0 aromatic heterocycles. The predicted molar refractivity (Wildman–Crippen MR) is 148 cm³/mol. The normalized spacial score (nSPS) is 30.8. The Balaban J connectivity index is 1.29. The molecule has 4 aliphatic heterocycles. The Morgan fingerprint density at radius 3 is 2.83 bits per heavy atom. The zero-order valence-electron chi connectivity index (χ0n) is 21.1. The summed E-state index contributed by atoms with van der Waals surface area (Å²) in [4.78, 5) is 45.8. The molecule has 3 amide bonds. The third-order valence-electron chi connectivity index (χ3n) is 8.30. The number of halogens is 1. The van der Waals surface area contributed by atoms with Gasteiger partial charge >= 0.3 is 0 Å². The van der Waals surface area contributed by atoms with Crippen LogP contribution < -0.4 is 10.6 Å². The number of likely N-dealkylation sites (tertiary alicyclic amines) is 2. The van der Waals surface area contributed by atoms with Gasteiger partial charge in [-0.1, -0.05) is 48.6 Å². The van der Waals surface area contributed by atoms with Crippen molar-refractivity contribution in [3.8, 4) is 0 Å². The van der Waals surface area contributed by atoms with Gasteiger partial charge in [-0.05, 0) is 57.0 Å². The van der Waals surface area contributed by atoms with E-state index in [0.29, 0.717) is 46.4 Å². The highest BCUT2D eigenvalue weighted by Crippen LogP contribution is 2.42. The lowest BCUT2D eigenvalue weighted by Gasteiger charge is -2.43. The van der Waals surface area contributed by atoms with Crippen molar-refractivity contribution in [3.63, 3.8) is 0 Å². The van der Waals surface area contributed by atoms with Crippen molar-refractivity contribution in [2.24, 2.45) is 11.8 Å². The van der Waals surface area contributed by atoms with Crippen LogP contribution in [0, 0.1) is 11.8 Å². The number of hydrogen-bond acceptors (Lipinski definition) is 5. The summed E-state index contributed by atoms with van der Waals surface area (Å²) in [6.45, 7) is 9.46. The molecule has 0 spiro atoms. The van der Waals surface area contributed by atoms with Gasteiger partial charge in [0.2, 0.25) is 11.8 Å². The molecule has 5 unspecified atom stereocenters. The van der Waals surface area contributed by atoms with Crippen molar-refractivity contribution < 1.29 is 14.4 Å². The molecule has 5 rings (SSSR count). The van der Waals surface area contributed by atoms with Crippen LogP contribution in [0.2, 0.25) is 0 Å². The molecule has 1 aromatic rings. The quantitative estimate of drug-likeness (QED) is 0.385. The molecule has 2 N–H and O–H groups in total. The second-order valence-corrected chi connectivity index (χ2v) is 12.3. The maximum atomic E-state index is 13.5. The lowest BCUT2D eigenvalue weighted by Crippen LogP contribution is -2.54. The second-order valence-electron chi connectivity index (χ2n) is 10.7. The fraction of sp³-hybridized carbons (Fsp3) is 0.593. The Labute approximate surface area is 227 Å². The van der Waals surface area contributed by atoms with E-state index in [1.807, 2.05) is 12.1 Å². The van der Waals surface area contributed by atoms with Crippen LogP contribution in [0.5, 0.6) is 0 Å². The maximum Gasteiger partial charge on any atom is 0.255 e. The second kappa shape index (κ2) is 10.4. The zero-order valence-corrected chi connectivity index (χ0v) is 23.3. The van der Waals surface area contributed by atoms with Crippen molar-refractivity contribution in [2.75, 3.05) is 32.0 Å². The summed E-state index contributed by atoms with van der Waals surface area (Å²) in [6, 6.07) is 5.09. The minimum Gasteiger partial charge on any atom is -0.329 e. The lowest BCUT2D eigenvalue weighted by atomic mass is 9.82. The average molecular weight is 606 g/mol. The summed E-state index contributed by atoms with van der Waals surface area (Å²) in [5, 5.41) is 5.91. The predicted octanol–water partition coefficient (Wildman–Crippen LogP) is 3.19. The molecule has 1 aromatic carbocycles. The van der Waals surface area contributed by atoms with E-state index < -0.39 is 6.04 Å². The summed E-state index contributed by atoms with van der Waals surface area (Å²) in [5.41, 5.74) is 2.82. The van der Waals surface area contributed by atoms with Crippen LogP contribution in [-0.2, 0) is 16.1 Å². The minimum absolute atomic E-state index is 0.0459. The zero-order chi connectivity index (χ0) is 25.6. The van der Waals surface area contributed by atoms with Crippen LogP contribution in [0.25, 0.3) is 0 Å². The van der Waals surface area contributed by atoms with Crippen LogP contribution in [0.15, 0.2) is 30.5 Å². The SMILES string of the molecule is C=C1CCC(N2Cc3ccc(NC(=O)C4CCN(C)C5C4C(I)CN5CCCC)cc3C2=O)C(=O)N1. The van der Waals surface area contributed by atoms with E-state index in [0.717, 1.165) is 31.6 Å².